The van der Waals surface area contributed by atoms with E-state index in [2.05, 4.69) is 31.4 Å². The molecule has 1 N–H and O–H groups in total. The number of nitrogens with zero attached hydrogens (tertiary/aromatic N) is 4. The lowest BCUT2D eigenvalue weighted by atomic mass is 10.0. The van der Waals surface area contributed by atoms with Crippen LogP contribution in [0.1, 0.15) is 42.6 Å². The highest BCUT2D eigenvalue weighted by atomic mass is 16.5. The van der Waals surface area contributed by atoms with Crippen molar-refractivity contribution in [2.75, 3.05) is 13.2 Å². The highest BCUT2D eigenvalue weighted by molar-refractivity contribution is 5.91. The molecule has 2 heterocycles. The summed E-state index contributed by atoms with van der Waals surface area (Å²) in [5.74, 6) is 3.42. The maximum absolute atomic E-state index is 12.0. The summed E-state index contributed by atoms with van der Waals surface area (Å²) in [6, 6.07) is 0. The second kappa shape index (κ2) is 6.73. The maximum Gasteiger partial charge on any atom is 0.271 e. The monoisotopic (exact) mass is 313 g/mol. The summed E-state index contributed by atoms with van der Waals surface area (Å²) >= 11 is 0. The first-order valence-corrected chi connectivity index (χ1v) is 7.81. The smallest absolute Gasteiger partial charge is 0.271 e. The molecule has 2 aliphatic rings. The summed E-state index contributed by atoms with van der Waals surface area (Å²) in [4.78, 5) is 20.2. The van der Waals surface area contributed by atoms with Crippen LogP contribution in [-0.4, -0.2) is 34.7 Å². The first-order chi connectivity index (χ1) is 11.2. The number of carbonyl (C=O) groups excluding carboxylic acids is 1. The van der Waals surface area contributed by atoms with E-state index in [1.54, 1.807) is 0 Å². The summed E-state index contributed by atoms with van der Waals surface area (Å²) < 4.78 is 5.49. The lowest BCUT2D eigenvalue weighted by molar-refractivity contribution is 0.0946. The van der Waals surface area contributed by atoms with Gasteiger partial charge in [-0.1, -0.05) is 0 Å². The van der Waals surface area contributed by atoms with E-state index in [0.29, 0.717) is 37.8 Å². The SMILES string of the molecule is C#CCCC1(CCNC(=O)c2cnc(OCC3CC3)cn2)N=N1. The number of nitrogens with one attached hydrogen (secondary N) is 1. The molecule has 120 valence electrons. The number of carbonyl (C=O) groups is 1. The third-order valence-electron chi connectivity index (χ3n) is 3.89. The number of terminal acetylenes is 1. The summed E-state index contributed by atoms with van der Waals surface area (Å²) in [5.41, 5.74) is -0.114. The standard InChI is InChI=1S/C16H19N5O2/c1-2-3-6-16(20-21-16)7-8-17-15(22)13-9-19-14(10-18-13)23-11-12-4-5-12/h1,9-10,12H,3-8,11H2,(H,17,22). The second-order valence-electron chi connectivity index (χ2n) is 5.89. The minimum Gasteiger partial charge on any atom is -0.476 e. The number of hydrogen-bond acceptors (Lipinski definition) is 6. The van der Waals surface area contributed by atoms with Gasteiger partial charge in [-0.2, -0.15) is 10.2 Å². The zero-order valence-corrected chi connectivity index (χ0v) is 12.9. The molecule has 1 aromatic heterocycles. The molecule has 7 nitrogen and oxygen atoms in total. The number of ether oxygens (including phenoxy) is 1. The minimum atomic E-state index is -0.383. The molecule has 0 bridgehead atoms. The lowest BCUT2D eigenvalue weighted by Gasteiger charge is -2.09. The average Bonchev–Trinajstić information content (AvgIpc) is 3.48. The molecule has 0 spiro atoms. The molecule has 0 unspecified atom stereocenters. The molecule has 1 aliphatic heterocycles. The average molecular weight is 313 g/mol. The van der Waals surface area contributed by atoms with Gasteiger partial charge in [0.15, 0.2) is 5.66 Å². The van der Waals surface area contributed by atoms with Gasteiger partial charge in [0.05, 0.1) is 19.0 Å². The van der Waals surface area contributed by atoms with Gasteiger partial charge in [0.2, 0.25) is 5.88 Å². The zero-order chi connectivity index (χ0) is 16.1. The quantitative estimate of drug-likeness (QED) is 0.706. The van der Waals surface area contributed by atoms with Gasteiger partial charge in [-0.15, -0.1) is 12.3 Å². The van der Waals surface area contributed by atoms with Crippen molar-refractivity contribution in [1.82, 2.24) is 15.3 Å². The van der Waals surface area contributed by atoms with Crippen molar-refractivity contribution < 1.29 is 9.53 Å². The highest BCUT2D eigenvalue weighted by Gasteiger charge is 2.38. The summed E-state index contributed by atoms with van der Waals surface area (Å²) in [6.45, 7) is 1.14. The lowest BCUT2D eigenvalue weighted by Crippen LogP contribution is -2.29. The number of amides is 1. The fourth-order valence-electron chi connectivity index (χ4n) is 2.13. The van der Waals surface area contributed by atoms with Crippen LogP contribution in [0.5, 0.6) is 5.88 Å². The van der Waals surface area contributed by atoms with Crippen molar-refractivity contribution in [3.63, 3.8) is 0 Å². The van der Waals surface area contributed by atoms with E-state index in [0.717, 1.165) is 6.42 Å². The first-order valence-electron chi connectivity index (χ1n) is 7.81. The Labute approximate surface area is 135 Å². The first kappa shape index (κ1) is 15.4. The van der Waals surface area contributed by atoms with E-state index in [1.165, 1.54) is 25.2 Å². The molecule has 1 aromatic rings. The van der Waals surface area contributed by atoms with Gasteiger partial charge >= 0.3 is 0 Å². The molecule has 7 heteroatoms. The Morgan fingerprint density at radius 2 is 2.17 bits per heavy atom. The van der Waals surface area contributed by atoms with Crippen molar-refractivity contribution in [3.05, 3.63) is 18.1 Å². The minimum absolute atomic E-state index is 0.265. The van der Waals surface area contributed by atoms with Gasteiger partial charge in [-0.3, -0.25) is 4.79 Å². The van der Waals surface area contributed by atoms with Crippen LogP contribution in [0.15, 0.2) is 22.6 Å². The summed E-state index contributed by atoms with van der Waals surface area (Å²) in [5, 5.41) is 10.8. The van der Waals surface area contributed by atoms with Gasteiger partial charge in [0, 0.05) is 25.8 Å². The maximum atomic E-state index is 12.0. The van der Waals surface area contributed by atoms with Crippen molar-refractivity contribution >= 4 is 5.91 Å². The van der Waals surface area contributed by atoms with Crippen molar-refractivity contribution in [2.24, 2.45) is 16.1 Å². The van der Waals surface area contributed by atoms with Gasteiger partial charge in [-0.25, -0.2) is 9.97 Å². The largest absolute Gasteiger partial charge is 0.476 e. The molecular weight excluding hydrogens is 294 g/mol. The van der Waals surface area contributed by atoms with Crippen LogP contribution < -0.4 is 10.1 Å². The van der Waals surface area contributed by atoms with E-state index in [4.69, 9.17) is 11.2 Å². The highest BCUT2D eigenvalue weighted by Crippen LogP contribution is 2.36. The molecule has 0 saturated heterocycles. The normalized spacial score (nSPS) is 17.3. The van der Waals surface area contributed by atoms with Crippen LogP contribution in [0, 0.1) is 18.3 Å². The Kier molecular flexibility index (Phi) is 4.51. The third kappa shape index (κ3) is 4.49. The van der Waals surface area contributed by atoms with Crippen LogP contribution in [-0.2, 0) is 0 Å². The Hall–Kier alpha value is -2.49. The Balaban J connectivity index is 1.40. The number of hydrogen-bond donors (Lipinski definition) is 1. The van der Waals surface area contributed by atoms with Gasteiger partial charge in [0.1, 0.15) is 5.69 Å². The van der Waals surface area contributed by atoms with Crippen LogP contribution in [0.25, 0.3) is 0 Å². The number of aromatic nitrogens is 2. The fraction of sp³-hybridized carbons (Fsp3) is 0.562. The van der Waals surface area contributed by atoms with E-state index in [-0.39, 0.29) is 17.3 Å². The molecule has 1 saturated carbocycles. The molecule has 0 atom stereocenters. The van der Waals surface area contributed by atoms with Gasteiger partial charge in [0.25, 0.3) is 5.91 Å². The van der Waals surface area contributed by atoms with Crippen LogP contribution in [0.4, 0.5) is 0 Å². The molecule has 1 amide bonds. The van der Waals surface area contributed by atoms with Crippen LogP contribution >= 0.6 is 0 Å². The van der Waals surface area contributed by atoms with Gasteiger partial charge < -0.3 is 10.1 Å². The molecule has 3 rings (SSSR count). The molecule has 23 heavy (non-hydrogen) atoms. The third-order valence-corrected chi connectivity index (χ3v) is 3.89. The van der Waals surface area contributed by atoms with E-state index >= 15 is 0 Å². The zero-order valence-electron chi connectivity index (χ0n) is 12.9. The number of rotatable bonds is 9. The van der Waals surface area contributed by atoms with E-state index in [1.807, 2.05) is 0 Å². The van der Waals surface area contributed by atoms with Crippen molar-refractivity contribution in [2.45, 2.75) is 37.8 Å². The van der Waals surface area contributed by atoms with E-state index in [9.17, 15) is 4.79 Å². The fourth-order valence-corrected chi connectivity index (χ4v) is 2.13. The second-order valence-corrected chi connectivity index (χ2v) is 5.89. The Morgan fingerprint density at radius 1 is 1.35 bits per heavy atom. The molecule has 0 radical (unpaired) electrons. The molecule has 0 aromatic carbocycles. The molecule has 1 aliphatic carbocycles. The molecular formula is C16H19N5O2. The van der Waals surface area contributed by atoms with Crippen molar-refractivity contribution in [1.29, 1.82) is 0 Å². The van der Waals surface area contributed by atoms with Gasteiger partial charge in [-0.05, 0) is 18.8 Å². The Morgan fingerprint density at radius 3 is 2.78 bits per heavy atom. The van der Waals surface area contributed by atoms with Crippen LogP contribution in [0.3, 0.4) is 0 Å². The Bertz CT molecular complexity index is 625. The molecule has 1 fully saturated rings. The van der Waals surface area contributed by atoms with Crippen LogP contribution in [0.2, 0.25) is 0 Å². The predicted molar refractivity (Wildman–Crippen MR) is 82.9 cm³/mol. The predicted octanol–water partition coefficient (Wildman–Crippen LogP) is 1.96. The summed E-state index contributed by atoms with van der Waals surface area (Å²) in [7, 11) is 0. The van der Waals surface area contributed by atoms with E-state index < -0.39 is 0 Å². The topological polar surface area (TPSA) is 88.8 Å². The summed E-state index contributed by atoms with van der Waals surface area (Å²) in [6.07, 6.45) is 12.6. The van der Waals surface area contributed by atoms with Crippen molar-refractivity contribution in [3.8, 4) is 18.2 Å².